The molecule has 1 saturated heterocycles. The molecular weight excluding hydrogens is 344 g/mol. The average Bonchev–Trinajstić information content (AvgIpc) is 2.97. The molecule has 0 saturated carbocycles. The number of thiocarbonyl (C=S) groups is 1. The lowest BCUT2D eigenvalue weighted by molar-refractivity contribution is -0.122. The van der Waals surface area contributed by atoms with Gasteiger partial charge in [-0.05, 0) is 61.6 Å². The highest BCUT2D eigenvalue weighted by molar-refractivity contribution is 7.80. The molecule has 0 bridgehead atoms. The van der Waals surface area contributed by atoms with Crippen molar-refractivity contribution < 1.29 is 14.3 Å². The van der Waals surface area contributed by atoms with Crippen LogP contribution in [0.1, 0.15) is 9.75 Å². The zero-order valence-electron chi connectivity index (χ0n) is 13.0. The Balaban J connectivity index is 1.97. The van der Waals surface area contributed by atoms with Gasteiger partial charge in [-0.1, -0.05) is 0 Å². The fraction of sp³-hybridized carbons (Fsp3) is 0.118. The lowest BCUT2D eigenvalue weighted by Gasteiger charge is -2.28. The lowest BCUT2D eigenvalue weighted by Crippen LogP contribution is -2.54. The van der Waals surface area contributed by atoms with Crippen molar-refractivity contribution in [2.24, 2.45) is 0 Å². The molecule has 0 spiro atoms. The smallest absolute Gasteiger partial charge is 0.270 e. The van der Waals surface area contributed by atoms with Gasteiger partial charge in [-0.15, -0.1) is 11.3 Å². The molecule has 0 unspecified atom stereocenters. The fourth-order valence-corrected chi connectivity index (χ4v) is 3.40. The van der Waals surface area contributed by atoms with Crippen LogP contribution in [0.15, 0.2) is 42.0 Å². The number of nitrogens with zero attached hydrogens (tertiary/aromatic N) is 1. The molecule has 122 valence electrons. The Hall–Kier alpha value is -2.51. The number of aryl methyl sites for hydroxylation is 1. The fourth-order valence-electron chi connectivity index (χ4n) is 2.30. The van der Waals surface area contributed by atoms with Crippen molar-refractivity contribution in [1.82, 2.24) is 5.32 Å². The van der Waals surface area contributed by atoms with Crippen LogP contribution in [0.25, 0.3) is 6.08 Å². The number of hydrogen-bond acceptors (Lipinski definition) is 5. The topological polar surface area (TPSA) is 58.6 Å². The van der Waals surface area contributed by atoms with Crippen molar-refractivity contribution in [2.75, 3.05) is 12.0 Å². The molecule has 24 heavy (non-hydrogen) atoms. The summed E-state index contributed by atoms with van der Waals surface area (Å²) in [6, 6.07) is 10.7. The molecule has 3 rings (SSSR count). The highest BCUT2D eigenvalue weighted by atomic mass is 32.1. The molecule has 2 heterocycles. The summed E-state index contributed by atoms with van der Waals surface area (Å²) in [5.41, 5.74) is 0.625. The van der Waals surface area contributed by atoms with Crippen LogP contribution in [-0.4, -0.2) is 24.0 Å². The Kier molecular flexibility index (Phi) is 4.46. The second-order valence-electron chi connectivity index (χ2n) is 5.10. The molecular formula is C17H14N2O3S2. The number of benzene rings is 1. The van der Waals surface area contributed by atoms with Gasteiger partial charge in [0.1, 0.15) is 11.3 Å². The first kappa shape index (κ1) is 16.4. The summed E-state index contributed by atoms with van der Waals surface area (Å²) in [5, 5.41) is 2.63. The second-order valence-corrected chi connectivity index (χ2v) is 6.81. The van der Waals surface area contributed by atoms with E-state index >= 15 is 0 Å². The molecule has 7 heteroatoms. The minimum absolute atomic E-state index is 0.0567. The number of methoxy groups -OCH3 is 1. The Morgan fingerprint density at radius 1 is 1.17 bits per heavy atom. The molecule has 0 aliphatic carbocycles. The first-order chi connectivity index (χ1) is 11.5. The van der Waals surface area contributed by atoms with Gasteiger partial charge in [0.05, 0.1) is 12.8 Å². The zero-order chi connectivity index (χ0) is 17.3. The molecule has 1 aromatic carbocycles. The number of hydrogen-bond donors (Lipinski definition) is 1. The van der Waals surface area contributed by atoms with E-state index in [1.165, 1.54) is 16.2 Å². The summed E-state index contributed by atoms with van der Waals surface area (Å²) in [5.74, 6) is -0.260. The summed E-state index contributed by atoms with van der Waals surface area (Å²) in [6.07, 6.45) is 1.59. The standard InChI is InChI=1S/C17H14N2O3S2/c1-10-3-8-13(24-10)9-14-15(20)18-17(23)19(16(14)21)11-4-6-12(22-2)7-5-11/h3-9H,1-2H3,(H,18,20,23)/b14-9-. The first-order valence-electron chi connectivity index (χ1n) is 7.11. The molecule has 1 N–H and O–H groups in total. The number of nitrogens with one attached hydrogen (secondary N) is 1. The first-order valence-corrected chi connectivity index (χ1v) is 8.34. The Morgan fingerprint density at radius 2 is 1.88 bits per heavy atom. The quantitative estimate of drug-likeness (QED) is 0.521. The van der Waals surface area contributed by atoms with Crippen LogP contribution in [0.5, 0.6) is 5.75 Å². The summed E-state index contributed by atoms with van der Waals surface area (Å²) >= 11 is 6.68. The summed E-state index contributed by atoms with van der Waals surface area (Å²) in [6.45, 7) is 1.97. The van der Waals surface area contributed by atoms with Crippen LogP contribution >= 0.6 is 23.6 Å². The minimum atomic E-state index is -0.485. The van der Waals surface area contributed by atoms with Crippen LogP contribution < -0.4 is 15.0 Å². The molecule has 2 amide bonds. The molecule has 1 aromatic heterocycles. The number of ether oxygens (including phenoxy) is 1. The van der Waals surface area contributed by atoms with Gasteiger partial charge in [0.2, 0.25) is 0 Å². The Labute approximate surface area is 148 Å². The van der Waals surface area contributed by atoms with Crippen molar-refractivity contribution in [3.8, 4) is 5.75 Å². The van der Waals surface area contributed by atoms with Gasteiger partial charge in [-0.2, -0.15) is 0 Å². The number of rotatable bonds is 3. The second kappa shape index (κ2) is 6.54. The number of thiophene rings is 1. The molecule has 5 nitrogen and oxygen atoms in total. The Morgan fingerprint density at radius 3 is 2.46 bits per heavy atom. The maximum atomic E-state index is 12.8. The SMILES string of the molecule is COc1ccc(N2C(=O)/C(=C\c3ccc(C)s3)C(=O)NC2=S)cc1. The molecule has 2 aromatic rings. The molecule has 0 radical (unpaired) electrons. The van der Waals surface area contributed by atoms with Gasteiger partial charge >= 0.3 is 0 Å². The van der Waals surface area contributed by atoms with Gasteiger partial charge < -0.3 is 4.74 Å². The lowest BCUT2D eigenvalue weighted by atomic mass is 10.1. The van der Waals surface area contributed by atoms with Crippen LogP contribution in [0.2, 0.25) is 0 Å². The largest absolute Gasteiger partial charge is 0.497 e. The van der Waals surface area contributed by atoms with Gasteiger partial charge in [-0.3, -0.25) is 19.8 Å². The third-order valence-electron chi connectivity index (χ3n) is 3.48. The third-order valence-corrected chi connectivity index (χ3v) is 4.71. The molecule has 1 aliphatic heterocycles. The van der Waals surface area contributed by atoms with Crippen LogP contribution in [0.4, 0.5) is 5.69 Å². The number of amides is 2. The van der Waals surface area contributed by atoms with Crippen molar-refractivity contribution in [3.63, 3.8) is 0 Å². The van der Waals surface area contributed by atoms with Crippen molar-refractivity contribution in [2.45, 2.75) is 6.92 Å². The monoisotopic (exact) mass is 358 g/mol. The number of anilines is 1. The van der Waals surface area contributed by atoms with E-state index in [0.717, 1.165) is 9.75 Å². The van der Waals surface area contributed by atoms with E-state index in [0.29, 0.717) is 11.4 Å². The van der Waals surface area contributed by atoms with Crippen molar-refractivity contribution in [3.05, 3.63) is 51.7 Å². The summed E-state index contributed by atoms with van der Waals surface area (Å²) in [4.78, 5) is 28.2. The normalized spacial score (nSPS) is 16.5. The average molecular weight is 358 g/mol. The molecule has 1 fully saturated rings. The summed E-state index contributed by atoms with van der Waals surface area (Å²) in [7, 11) is 1.57. The maximum Gasteiger partial charge on any atom is 0.270 e. The van der Waals surface area contributed by atoms with Crippen molar-refractivity contribution in [1.29, 1.82) is 0 Å². The zero-order valence-corrected chi connectivity index (χ0v) is 14.7. The van der Waals surface area contributed by atoms with E-state index in [9.17, 15) is 9.59 Å². The van der Waals surface area contributed by atoms with Gasteiger partial charge in [0, 0.05) is 9.75 Å². The molecule has 0 atom stereocenters. The number of carbonyl (C=O) groups excluding carboxylic acids is 2. The van der Waals surface area contributed by atoms with E-state index < -0.39 is 11.8 Å². The third kappa shape index (κ3) is 3.08. The van der Waals surface area contributed by atoms with E-state index in [-0.39, 0.29) is 10.7 Å². The van der Waals surface area contributed by atoms with Crippen LogP contribution in [0, 0.1) is 6.92 Å². The highest BCUT2D eigenvalue weighted by Gasteiger charge is 2.34. The van der Waals surface area contributed by atoms with Crippen LogP contribution in [0.3, 0.4) is 0 Å². The van der Waals surface area contributed by atoms with E-state index in [1.807, 2.05) is 19.1 Å². The van der Waals surface area contributed by atoms with Gasteiger partial charge in [0.25, 0.3) is 11.8 Å². The molecule has 1 aliphatic rings. The van der Waals surface area contributed by atoms with E-state index in [2.05, 4.69) is 5.32 Å². The predicted molar refractivity (Wildman–Crippen MR) is 98.3 cm³/mol. The van der Waals surface area contributed by atoms with E-state index in [4.69, 9.17) is 17.0 Å². The highest BCUT2D eigenvalue weighted by Crippen LogP contribution is 2.25. The number of carbonyl (C=O) groups is 2. The van der Waals surface area contributed by atoms with Crippen molar-refractivity contribution >= 4 is 52.2 Å². The summed E-state index contributed by atoms with van der Waals surface area (Å²) < 4.78 is 5.11. The van der Waals surface area contributed by atoms with E-state index in [1.54, 1.807) is 37.5 Å². The minimum Gasteiger partial charge on any atom is -0.497 e. The van der Waals surface area contributed by atoms with Gasteiger partial charge in [-0.25, -0.2) is 0 Å². The van der Waals surface area contributed by atoms with Gasteiger partial charge in [0.15, 0.2) is 5.11 Å². The van der Waals surface area contributed by atoms with Crippen LogP contribution in [-0.2, 0) is 9.59 Å². The predicted octanol–water partition coefficient (Wildman–Crippen LogP) is 2.90. The maximum absolute atomic E-state index is 12.8. The Bertz CT molecular complexity index is 853.